The molecule has 0 aliphatic heterocycles. The number of methoxy groups -OCH3 is 2. The number of benzene rings is 4. The maximum Gasteiger partial charge on any atom is 0.161 e. The molecule has 45 heavy (non-hydrogen) atoms. The van der Waals surface area contributed by atoms with Gasteiger partial charge in [0.25, 0.3) is 0 Å². The van der Waals surface area contributed by atoms with E-state index in [1.54, 1.807) is 14.2 Å². The number of rotatable bonds is 9. The van der Waals surface area contributed by atoms with E-state index in [0.29, 0.717) is 22.6 Å². The summed E-state index contributed by atoms with van der Waals surface area (Å²) in [5, 5.41) is 41.8. The molecule has 0 atom stereocenters. The molecule has 0 spiro atoms. The zero-order chi connectivity index (χ0) is 33.6. The highest BCUT2D eigenvalue weighted by atomic mass is 16.5. The Morgan fingerprint density at radius 3 is 1.07 bits per heavy atom. The summed E-state index contributed by atoms with van der Waals surface area (Å²) in [6.45, 7) is 18.3. The topological polar surface area (TPSA) is 99.4 Å². The van der Waals surface area contributed by atoms with Crippen LogP contribution in [0.5, 0.6) is 28.7 Å². The molecule has 0 heterocycles. The van der Waals surface area contributed by atoms with E-state index in [0.717, 1.165) is 44.5 Å². The largest absolute Gasteiger partial charge is 0.507 e. The summed E-state index contributed by atoms with van der Waals surface area (Å²) in [5.74, 6) is 1.23. The predicted molar refractivity (Wildman–Crippen MR) is 180 cm³/mol. The predicted octanol–water partition coefficient (Wildman–Crippen LogP) is 8.22. The molecule has 0 aliphatic rings. The minimum absolute atomic E-state index is 0.113. The number of aliphatic hydroxyl groups is 1. The normalized spacial score (nSPS) is 12.4. The van der Waals surface area contributed by atoms with Crippen LogP contribution in [0.1, 0.15) is 97.2 Å². The van der Waals surface area contributed by atoms with Crippen molar-refractivity contribution < 1.29 is 29.9 Å². The molecule has 4 aromatic rings. The summed E-state index contributed by atoms with van der Waals surface area (Å²) < 4.78 is 11.1. The summed E-state index contributed by atoms with van der Waals surface area (Å²) in [6, 6.07) is 18.4. The molecule has 4 N–H and O–H groups in total. The van der Waals surface area contributed by atoms with Crippen LogP contribution >= 0.6 is 0 Å². The van der Waals surface area contributed by atoms with Crippen LogP contribution in [-0.4, -0.2) is 34.6 Å². The Kier molecular flexibility index (Phi) is 8.98. The third-order valence-corrected chi connectivity index (χ3v) is 9.78. The summed E-state index contributed by atoms with van der Waals surface area (Å²) in [7, 11) is 3.12. The molecule has 6 heteroatoms. The number of phenolic OH excluding ortho intramolecular Hbond substituents is 2. The summed E-state index contributed by atoms with van der Waals surface area (Å²) in [5.41, 5.74) is 7.36. The fourth-order valence-electron chi connectivity index (χ4n) is 6.07. The summed E-state index contributed by atoms with van der Waals surface area (Å²) in [4.78, 5) is 0. The minimum atomic E-state index is -0.509. The summed E-state index contributed by atoms with van der Waals surface area (Å²) >= 11 is 0. The second-order valence-corrected chi connectivity index (χ2v) is 13.8. The first-order valence-electron chi connectivity index (χ1n) is 15.3. The van der Waals surface area contributed by atoms with Gasteiger partial charge in [-0.05, 0) is 89.0 Å². The van der Waals surface area contributed by atoms with Crippen molar-refractivity contribution in [1.82, 2.24) is 0 Å². The van der Waals surface area contributed by atoms with Gasteiger partial charge in [0.05, 0.1) is 20.8 Å². The van der Waals surface area contributed by atoms with Crippen LogP contribution in [0, 0.1) is 20.8 Å². The Morgan fingerprint density at radius 2 is 0.756 bits per heavy atom. The Labute approximate surface area is 267 Å². The van der Waals surface area contributed by atoms with Gasteiger partial charge in [-0.15, -0.1) is 0 Å². The first-order valence-corrected chi connectivity index (χ1v) is 15.3. The van der Waals surface area contributed by atoms with Gasteiger partial charge in [0.2, 0.25) is 0 Å². The van der Waals surface area contributed by atoms with Crippen molar-refractivity contribution in [1.29, 1.82) is 0 Å². The second-order valence-electron chi connectivity index (χ2n) is 13.8. The molecular formula is C39H48O6. The maximum absolute atomic E-state index is 10.6. The lowest BCUT2D eigenvalue weighted by Gasteiger charge is -2.35. The number of aliphatic hydroxyl groups excluding tert-OH is 1. The maximum atomic E-state index is 10.6. The van der Waals surface area contributed by atoms with E-state index in [1.807, 2.05) is 57.2 Å². The minimum Gasteiger partial charge on any atom is -0.507 e. The van der Waals surface area contributed by atoms with Crippen LogP contribution in [0.2, 0.25) is 0 Å². The average Bonchev–Trinajstić information content (AvgIpc) is 3.00. The van der Waals surface area contributed by atoms with Crippen molar-refractivity contribution in [2.75, 3.05) is 14.2 Å². The molecule has 0 bridgehead atoms. The van der Waals surface area contributed by atoms with Crippen molar-refractivity contribution >= 4 is 0 Å². The first kappa shape index (κ1) is 33.7. The number of hydrogen-bond acceptors (Lipinski definition) is 6. The highest BCUT2D eigenvalue weighted by Crippen LogP contribution is 2.45. The van der Waals surface area contributed by atoms with Gasteiger partial charge in [-0.3, -0.25) is 0 Å². The van der Waals surface area contributed by atoms with Crippen LogP contribution in [0.4, 0.5) is 0 Å². The van der Waals surface area contributed by atoms with Crippen LogP contribution in [0.25, 0.3) is 0 Å². The molecule has 0 fully saturated rings. The van der Waals surface area contributed by atoms with Gasteiger partial charge in [0.15, 0.2) is 23.0 Å². The molecule has 0 aromatic heterocycles. The summed E-state index contributed by atoms with van der Waals surface area (Å²) in [6.07, 6.45) is 0. The molecule has 0 saturated carbocycles. The standard InChI is InChI=1S/C39H48O6/c1-22-12-26(15-25(21-40)34(22)41)37(4,5)29-16-30(38(6,7)27-13-23(2)35(42)32(19-27)44-10)18-31(17-29)39(8,9)28-14-24(3)36(43)33(20-28)45-11/h12-20,40-43H,21H2,1-11H3. The molecule has 0 saturated heterocycles. The molecule has 4 rings (SSSR count). The van der Waals surface area contributed by atoms with E-state index in [4.69, 9.17) is 9.47 Å². The SMILES string of the molecule is COc1cc(C(C)(C)c2cc(C(C)(C)c3cc(C)c(O)c(CO)c3)cc(C(C)(C)c3cc(C)c(O)c(OC)c3)c2)cc(C)c1O. The van der Waals surface area contributed by atoms with Crippen molar-refractivity contribution in [3.05, 3.63) is 110 Å². The quantitative estimate of drug-likeness (QED) is 0.152. The Morgan fingerprint density at radius 1 is 0.467 bits per heavy atom. The smallest absolute Gasteiger partial charge is 0.161 e. The lowest BCUT2D eigenvalue weighted by molar-refractivity contribution is 0.275. The van der Waals surface area contributed by atoms with Crippen LogP contribution < -0.4 is 9.47 Å². The number of aromatic hydroxyl groups is 3. The van der Waals surface area contributed by atoms with Crippen LogP contribution in [0.3, 0.4) is 0 Å². The van der Waals surface area contributed by atoms with E-state index >= 15 is 0 Å². The highest BCUT2D eigenvalue weighted by molar-refractivity contribution is 5.57. The lowest BCUT2D eigenvalue weighted by atomic mass is 9.68. The molecule has 240 valence electrons. The second kappa shape index (κ2) is 12.0. The fourth-order valence-corrected chi connectivity index (χ4v) is 6.07. The zero-order valence-corrected chi connectivity index (χ0v) is 28.5. The third-order valence-electron chi connectivity index (χ3n) is 9.78. The molecule has 0 aliphatic carbocycles. The Balaban J connectivity index is 2.04. The van der Waals surface area contributed by atoms with Crippen molar-refractivity contribution in [2.24, 2.45) is 0 Å². The lowest BCUT2D eigenvalue weighted by Crippen LogP contribution is -2.27. The fraction of sp³-hybridized carbons (Fsp3) is 0.385. The molecule has 0 unspecified atom stereocenters. The van der Waals surface area contributed by atoms with E-state index in [-0.39, 0.29) is 23.9 Å². The van der Waals surface area contributed by atoms with E-state index < -0.39 is 16.2 Å². The number of ether oxygens (including phenoxy) is 2. The van der Waals surface area contributed by atoms with E-state index in [1.165, 1.54) is 0 Å². The van der Waals surface area contributed by atoms with E-state index in [2.05, 4.69) is 59.7 Å². The van der Waals surface area contributed by atoms with Gasteiger partial charge >= 0.3 is 0 Å². The van der Waals surface area contributed by atoms with Gasteiger partial charge in [-0.25, -0.2) is 0 Å². The first-order chi connectivity index (χ1) is 20.9. The van der Waals surface area contributed by atoms with Crippen molar-refractivity contribution in [2.45, 2.75) is 85.2 Å². The van der Waals surface area contributed by atoms with Gasteiger partial charge in [0.1, 0.15) is 5.75 Å². The van der Waals surface area contributed by atoms with Gasteiger partial charge in [0, 0.05) is 21.8 Å². The van der Waals surface area contributed by atoms with Gasteiger partial charge in [-0.2, -0.15) is 0 Å². The van der Waals surface area contributed by atoms with Gasteiger partial charge in [-0.1, -0.05) is 77.9 Å². The van der Waals surface area contributed by atoms with Crippen molar-refractivity contribution in [3.8, 4) is 28.7 Å². The molecule has 0 radical (unpaired) electrons. The van der Waals surface area contributed by atoms with Crippen molar-refractivity contribution in [3.63, 3.8) is 0 Å². The van der Waals surface area contributed by atoms with Crippen LogP contribution in [-0.2, 0) is 22.9 Å². The molecule has 6 nitrogen and oxygen atoms in total. The number of aryl methyl sites for hydroxylation is 3. The number of hydrogen-bond donors (Lipinski definition) is 4. The van der Waals surface area contributed by atoms with Gasteiger partial charge < -0.3 is 29.9 Å². The highest BCUT2D eigenvalue weighted by Gasteiger charge is 2.34. The van der Waals surface area contributed by atoms with E-state index in [9.17, 15) is 20.4 Å². The molecular weight excluding hydrogens is 564 g/mol. The molecule has 0 amide bonds. The zero-order valence-electron chi connectivity index (χ0n) is 28.5. The third kappa shape index (κ3) is 5.96. The molecule has 4 aromatic carbocycles. The Bertz CT molecular complexity index is 1530. The number of phenols is 3. The Hall–Kier alpha value is -4.16. The average molecular weight is 613 g/mol. The van der Waals surface area contributed by atoms with Crippen LogP contribution in [0.15, 0.2) is 54.6 Å². The monoisotopic (exact) mass is 612 g/mol.